The number of amidine groups is 1. The first kappa shape index (κ1) is 27.7. The molecule has 39 heavy (non-hydrogen) atoms. The average Bonchev–Trinajstić information content (AvgIpc) is 2.94. The van der Waals surface area contributed by atoms with E-state index >= 15 is 0 Å². The third-order valence-electron chi connectivity index (χ3n) is 5.47. The first-order chi connectivity index (χ1) is 18.7. The lowest BCUT2D eigenvalue weighted by Gasteiger charge is -2.22. The van der Waals surface area contributed by atoms with Gasteiger partial charge in [0.2, 0.25) is 5.75 Å². The highest BCUT2D eigenvalue weighted by Gasteiger charge is 2.28. The molecule has 0 radical (unpaired) electrons. The number of para-hydroxylation sites is 2. The number of nitrogens with zero attached hydrogens (tertiary/aromatic N) is 6. The van der Waals surface area contributed by atoms with Crippen molar-refractivity contribution in [1.82, 2.24) is 19.9 Å². The van der Waals surface area contributed by atoms with Crippen LogP contribution in [0, 0.1) is 0 Å². The molecular weight excluding hydrogens is 546 g/mol. The average molecular weight is 570 g/mol. The summed E-state index contributed by atoms with van der Waals surface area (Å²) in [6, 6.07) is 13.2. The van der Waals surface area contributed by atoms with E-state index in [0.717, 1.165) is 9.87 Å². The number of hydrogen-bond donors (Lipinski definition) is 3. The highest BCUT2D eigenvalue weighted by molar-refractivity contribution is 7.81. The highest BCUT2D eigenvalue weighted by Crippen LogP contribution is 2.43. The van der Waals surface area contributed by atoms with Crippen LogP contribution in [0.5, 0.6) is 17.2 Å². The molecule has 0 bridgehead atoms. The van der Waals surface area contributed by atoms with Crippen molar-refractivity contribution in [3.05, 3.63) is 77.3 Å². The van der Waals surface area contributed by atoms with Crippen molar-refractivity contribution < 1.29 is 23.4 Å². The van der Waals surface area contributed by atoms with Gasteiger partial charge in [-0.1, -0.05) is 48.8 Å². The molecule has 12 nitrogen and oxygen atoms in total. The van der Waals surface area contributed by atoms with E-state index in [1.54, 1.807) is 48.7 Å². The maximum Gasteiger partial charge on any atom is 0.269 e. The Bertz CT molecular complexity index is 1540. The van der Waals surface area contributed by atoms with Crippen LogP contribution >= 0.6 is 11.6 Å². The fraction of sp³-hybridized carbons (Fsp3) is 0.160. The first-order valence-corrected chi connectivity index (χ1v) is 12.9. The second-order valence-corrected chi connectivity index (χ2v) is 9.47. The molecule has 14 heteroatoms. The minimum Gasteiger partial charge on any atom is -0.493 e. The van der Waals surface area contributed by atoms with Gasteiger partial charge in [0.1, 0.15) is 11.5 Å². The molecule has 0 saturated carbocycles. The van der Waals surface area contributed by atoms with E-state index in [1.807, 2.05) is 13.8 Å². The van der Waals surface area contributed by atoms with Gasteiger partial charge in [0, 0.05) is 18.0 Å². The number of pyridine rings is 2. The minimum atomic E-state index is -2.66. The number of aromatic nitrogens is 4. The Morgan fingerprint density at radius 3 is 2.49 bits per heavy atom. The smallest absolute Gasteiger partial charge is 0.269 e. The number of halogens is 1. The normalized spacial score (nSPS) is 12.3. The molecule has 0 aliphatic carbocycles. The summed E-state index contributed by atoms with van der Waals surface area (Å²) in [4.78, 5) is 17.3. The van der Waals surface area contributed by atoms with Crippen LogP contribution in [0.25, 0.3) is 11.4 Å². The van der Waals surface area contributed by atoms with E-state index in [1.165, 1.54) is 19.4 Å². The number of benzene rings is 1. The summed E-state index contributed by atoms with van der Waals surface area (Å²) >= 11 is 3.96. The number of hydrogen-bond acceptors (Lipinski definition) is 9. The Labute approximate surface area is 231 Å². The van der Waals surface area contributed by atoms with Crippen molar-refractivity contribution in [2.45, 2.75) is 19.8 Å². The molecule has 0 aliphatic rings. The molecular formula is C25H24ClN7O5S. The molecule has 1 unspecified atom stereocenters. The fourth-order valence-electron chi connectivity index (χ4n) is 3.46. The Hall–Kier alpha value is -4.33. The molecule has 3 heterocycles. The van der Waals surface area contributed by atoms with Crippen molar-refractivity contribution >= 4 is 40.3 Å². The van der Waals surface area contributed by atoms with Gasteiger partial charge in [0.05, 0.1) is 7.11 Å². The van der Waals surface area contributed by atoms with Gasteiger partial charge in [0.25, 0.3) is 11.3 Å². The molecule has 3 aromatic heterocycles. The first-order valence-electron chi connectivity index (χ1n) is 11.4. The predicted octanol–water partition coefficient (Wildman–Crippen LogP) is 4.88. The number of rotatable bonds is 9. The molecule has 1 aromatic carbocycles. The fourth-order valence-corrected chi connectivity index (χ4v) is 4.21. The summed E-state index contributed by atoms with van der Waals surface area (Å²) < 4.78 is 35.5. The van der Waals surface area contributed by atoms with E-state index in [4.69, 9.17) is 32.0 Å². The maximum absolute atomic E-state index is 12.7. The second-order valence-electron chi connectivity index (χ2n) is 8.29. The van der Waals surface area contributed by atoms with Gasteiger partial charge in [-0.25, -0.2) is 19.2 Å². The van der Waals surface area contributed by atoms with Crippen LogP contribution in [0.4, 0.5) is 11.6 Å². The summed E-state index contributed by atoms with van der Waals surface area (Å²) in [6.07, 6.45) is 3.02. The lowest BCUT2D eigenvalue weighted by atomic mass is 10.1. The molecule has 0 aliphatic heterocycles. The topological polar surface area (TPSA) is 169 Å². The van der Waals surface area contributed by atoms with Gasteiger partial charge in [-0.2, -0.15) is 4.31 Å². The maximum atomic E-state index is 12.7. The van der Waals surface area contributed by atoms with Crippen LogP contribution in [0.1, 0.15) is 31.0 Å². The van der Waals surface area contributed by atoms with Crippen molar-refractivity contribution in [2.24, 2.45) is 10.9 Å². The monoisotopic (exact) mass is 569 g/mol. The van der Waals surface area contributed by atoms with Gasteiger partial charge in [-0.3, -0.25) is 9.54 Å². The Balaban J connectivity index is 1.94. The second kappa shape index (κ2) is 12.0. The van der Waals surface area contributed by atoms with Crippen molar-refractivity contribution in [3.63, 3.8) is 0 Å². The van der Waals surface area contributed by atoms with Crippen LogP contribution in [0.2, 0.25) is 5.15 Å². The summed E-state index contributed by atoms with van der Waals surface area (Å²) in [5.41, 5.74) is 7.15. The summed E-state index contributed by atoms with van der Waals surface area (Å²) in [7, 11) is 1.47. The third-order valence-corrected chi connectivity index (χ3v) is 6.40. The molecule has 0 amide bonds. The zero-order valence-corrected chi connectivity index (χ0v) is 22.6. The zero-order valence-electron chi connectivity index (χ0n) is 21.0. The minimum absolute atomic E-state index is 0.0472. The van der Waals surface area contributed by atoms with Gasteiger partial charge in [-0.05, 0) is 41.8 Å². The van der Waals surface area contributed by atoms with Crippen molar-refractivity contribution in [2.75, 3.05) is 11.4 Å². The SMILES string of the molecule is COc1ccccc1Oc1c(Cl)nc(-c2ccnc(C(N)=NO)c2)nc1N(c1ccc(C(C)C)cn1)S(=O)O. The largest absolute Gasteiger partial charge is 0.493 e. The van der Waals surface area contributed by atoms with Gasteiger partial charge in [-0.15, -0.1) is 0 Å². The number of methoxy groups -OCH3 is 1. The zero-order chi connectivity index (χ0) is 28.1. The Morgan fingerprint density at radius 2 is 1.87 bits per heavy atom. The molecule has 1 atom stereocenters. The van der Waals surface area contributed by atoms with Crippen molar-refractivity contribution in [3.8, 4) is 28.6 Å². The standard InChI is InChI=1S/C25H24ClN7O5S/c1-14(2)16-8-9-20(29-13-16)33(39(35)36)25-21(38-19-7-5-4-6-18(19)37-3)22(26)30-24(31-25)15-10-11-28-17(12-15)23(27)32-34/h4-14,34H,1-3H3,(H2,27,32)(H,35,36). The molecule has 4 rings (SSSR count). The lowest BCUT2D eigenvalue weighted by molar-refractivity contribution is 0.318. The molecule has 4 aromatic rings. The van der Waals surface area contributed by atoms with Crippen LogP contribution in [-0.2, 0) is 11.3 Å². The molecule has 0 spiro atoms. The summed E-state index contributed by atoms with van der Waals surface area (Å²) in [5, 5.41) is 11.8. The highest BCUT2D eigenvalue weighted by atomic mass is 35.5. The molecule has 4 N–H and O–H groups in total. The Morgan fingerprint density at radius 1 is 1.13 bits per heavy atom. The van der Waals surface area contributed by atoms with Gasteiger partial charge >= 0.3 is 0 Å². The van der Waals surface area contributed by atoms with Crippen LogP contribution in [-0.4, -0.2) is 46.9 Å². The van der Waals surface area contributed by atoms with Gasteiger partial charge in [0.15, 0.2) is 34.1 Å². The predicted molar refractivity (Wildman–Crippen MR) is 147 cm³/mol. The number of oxime groups is 1. The summed E-state index contributed by atoms with van der Waals surface area (Å²) in [5.74, 6) is 0.508. The Kier molecular flexibility index (Phi) is 8.54. The van der Waals surface area contributed by atoms with E-state index in [0.29, 0.717) is 11.3 Å². The number of nitrogens with two attached hydrogens (primary N) is 1. The molecule has 202 valence electrons. The van der Waals surface area contributed by atoms with E-state index in [9.17, 15) is 8.76 Å². The molecule has 0 saturated heterocycles. The van der Waals surface area contributed by atoms with E-state index in [-0.39, 0.29) is 51.6 Å². The number of anilines is 2. The van der Waals surface area contributed by atoms with Crippen LogP contribution in [0.15, 0.2) is 66.1 Å². The van der Waals surface area contributed by atoms with Gasteiger partial charge < -0.3 is 20.4 Å². The van der Waals surface area contributed by atoms with E-state index < -0.39 is 11.3 Å². The number of ether oxygens (including phenoxy) is 2. The van der Waals surface area contributed by atoms with Crippen molar-refractivity contribution in [1.29, 1.82) is 0 Å². The van der Waals surface area contributed by atoms with Crippen LogP contribution in [0.3, 0.4) is 0 Å². The molecule has 0 fully saturated rings. The third kappa shape index (κ3) is 6.06. The quantitative estimate of drug-likeness (QED) is 0.0630. The lowest BCUT2D eigenvalue weighted by Crippen LogP contribution is -2.23. The van der Waals surface area contributed by atoms with E-state index in [2.05, 4.69) is 25.1 Å². The summed E-state index contributed by atoms with van der Waals surface area (Å²) in [6.45, 7) is 4.01. The van der Waals surface area contributed by atoms with Crippen LogP contribution < -0.4 is 19.5 Å².